The van der Waals surface area contributed by atoms with Gasteiger partial charge in [0.25, 0.3) is 0 Å². The number of furan rings is 1. The molecule has 27 heavy (non-hydrogen) atoms. The summed E-state index contributed by atoms with van der Waals surface area (Å²) in [6, 6.07) is 13.3. The summed E-state index contributed by atoms with van der Waals surface area (Å²) >= 11 is 0. The number of benzene rings is 2. The lowest BCUT2D eigenvalue weighted by Gasteiger charge is -2.29. The van der Waals surface area contributed by atoms with Crippen LogP contribution in [0, 0.1) is 11.8 Å². The van der Waals surface area contributed by atoms with E-state index in [-0.39, 0.29) is 5.91 Å². The molecule has 1 amide bonds. The van der Waals surface area contributed by atoms with Gasteiger partial charge >= 0.3 is 5.97 Å². The quantitative estimate of drug-likeness (QED) is 0.644. The molecule has 2 aromatic carbocycles. The highest BCUT2D eigenvalue weighted by Gasteiger charge is 2.37. The maximum absolute atomic E-state index is 12.8. The minimum atomic E-state index is -0.922. The second kappa shape index (κ2) is 6.58. The van der Waals surface area contributed by atoms with Crippen molar-refractivity contribution in [2.75, 3.05) is 5.32 Å². The molecule has 1 heterocycles. The van der Waals surface area contributed by atoms with Crippen LogP contribution >= 0.6 is 0 Å². The molecule has 1 aromatic heterocycles. The van der Waals surface area contributed by atoms with Crippen LogP contribution < -0.4 is 5.32 Å². The van der Waals surface area contributed by atoms with Crippen molar-refractivity contribution in [2.24, 2.45) is 11.8 Å². The van der Waals surface area contributed by atoms with Crippen molar-refractivity contribution in [3.63, 3.8) is 0 Å². The molecule has 0 saturated carbocycles. The summed E-state index contributed by atoms with van der Waals surface area (Å²) < 4.78 is 5.86. The van der Waals surface area contributed by atoms with Crippen molar-refractivity contribution in [2.45, 2.75) is 26.7 Å². The molecule has 0 aliphatic heterocycles. The number of rotatable bonds is 3. The molecule has 0 bridgehead atoms. The molecule has 2 atom stereocenters. The van der Waals surface area contributed by atoms with Crippen LogP contribution in [0.2, 0.25) is 0 Å². The number of amides is 1. The molecule has 0 saturated heterocycles. The first-order valence-electron chi connectivity index (χ1n) is 9.04. The fourth-order valence-electron chi connectivity index (χ4n) is 3.87. The lowest BCUT2D eigenvalue weighted by Crippen LogP contribution is -2.36. The Kier molecular flexibility index (Phi) is 4.22. The van der Waals surface area contributed by atoms with E-state index >= 15 is 0 Å². The molecule has 0 spiro atoms. The summed E-state index contributed by atoms with van der Waals surface area (Å²) in [6.45, 7) is 3.91. The molecule has 1 aliphatic rings. The normalized spacial score (nSPS) is 20.2. The van der Waals surface area contributed by atoms with Crippen LogP contribution in [0.5, 0.6) is 0 Å². The predicted molar refractivity (Wildman–Crippen MR) is 105 cm³/mol. The highest BCUT2D eigenvalue weighted by atomic mass is 16.4. The Labute approximate surface area is 156 Å². The highest BCUT2D eigenvalue weighted by molar-refractivity contribution is 6.06. The largest absolute Gasteiger partial charge is 0.481 e. The van der Waals surface area contributed by atoms with E-state index in [0.717, 1.165) is 27.5 Å². The van der Waals surface area contributed by atoms with E-state index < -0.39 is 17.8 Å². The van der Waals surface area contributed by atoms with Gasteiger partial charge in [-0.25, -0.2) is 0 Å². The van der Waals surface area contributed by atoms with Crippen molar-refractivity contribution in [1.82, 2.24) is 0 Å². The highest BCUT2D eigenvalue weighted by Crippen LogP contribution is 2.36. The molecule has 0 radical (unpaired) electrons. The van der Waals surface area contributed by atoms with Crippen molar-refractivity contribution in [3.8, 4) is 0 Å². The number of anilines is 1. The van der Waals surface area contributed by atoms with E-state index in [9.17, 15) is 14.7 Å². The number of carboxylic acid groups (broad SMARTS) is 1. The third kappa shape index (κ3) is 3.10. The molecular weight excluding hydrogens is 342 g/mol. The topological polar surface area (TPSA) is 79.5 Å². The van der Waals surface area contributed by atoms with Gasteiger partial charge in [-0.1, -0.05) is 29.3 Å². The Hall–Kier alpha value is -3.08. The fraction of sp³-hybridized carbons (Fsp3) is 0.273. The number of nitrogens with one attached hydrogen (secondary N) is 1. The number of carbonyl (C=O) groups is 2. The lowest BCUT2D eigenvalue weighted by molar-refractivity contribution is -0.146. The van der Waals surface area contributed by atoms with Gasteiger partial charge in [-0.2, -0.15) is 0 Å². The Bertz CT molecular complexity index is 1090. The molecule has 138 valence electrons. The van der Waals surface area contributed by atoms with E-state index in [1.165, 1.54) is 0 Å². The summed E-state index contributed by atoms with van der Waals surface area (Å²) in [5, 5.41) is 14.4. The number of hydrogen-bond acceptors (Lipinski definition) is 3. The summed E-state index contributed by atoms with van der Waals surface area (Å²) in [7, 11) is 0. The summed E-state index contributed by atoms with van der Waals surface area (Å²) in [5.74, 6) is -2.44. The van der Waals surface area contributed by atoms with E-state index in [2.05, 4.69) is 5.32 Å². The zero-order chi connectivity index (χ0) is 19.1. The zero-order valence-corrected chi connectivity index (χ0v) is 15.3. The van der Waals surface area contributed by atoms with Crippen molar-refractivity contribution in [3.05, 3.63) is 53.6 Å². The first-order chi connectivity index (χ1) is 12.9. The second-order valence-electron chi connectivity index (χ2n) is 7.32. The average Bonchev–Trinajstić information content (AvgIpc) is 3.01. The van der Waals surface area contributed by atoms with E-state index in [4.69, 9.17) is 4.42 Å². The van der Waals surface area contributed by atoms with E-state index in [0.29, 0.717) is 24.1 Å². The first-order valence-corrected chi connectivity index (χ1v) is 9.04. The number of aliphatic carboxylic acids is 1. The average molecular weight is 363 g/mol. The SMILES string of the molecule is CC1=C(C)C[C@@H](C(=O)O)[C@@H](C(=O)Nc2ccc3c(c2)oc2ccccc23)C1. The van der Waals surface area contributed by atoms with Gasteiger partial charge in [0.15, 0.2) is 0 Å². The van der Waals surface area contributed by atoms with Crippen LogP contribution in [0.1, 0.15) is 26.7 Å². The van der Waals surface area contributed by atoms with Gasteiger partial charge in [0.05, 0.1) is 11.8 Å². The third-order valence-corrected chi connectivity index (χ3v) is 5.57. The Morgan fingerprint density at radius 1 is 0.963 bits per heavy atom. The zero-order valence-electron chi connectivity index (χ0n) is 15.3. The molecule has 1 aliphatic carbocycles. The van der Waals surface area contributed by atoms with Crippen molar-refractivity contribution < 1.29 is 19.1 Å². The number of allylic oxidation sites excluding steroid dienone is 2. The van der Waals surface area contributed by atoms with Crippen LogP contribution in [0.15, 0.2) is 58.0 Å². The van der Waals surface area contributed by atoms with Gasteiger partial charge in [-0.05, 0) is 44.9 Å². The maximum Gasteiger partial charge on any atom is 0.307 e. The minimum absolute atomic E-state index is 0.260. The summed E-state index contributed by atoms with van der Waals surface area (Å²) in [5.41, 5.74) is 4.26. The molecule has 5 heteroatoms. The standard InChI is InChI=1S/C22H21NO4/c1-12-9-17(18(22(25)26)10-13(12)2)21(24)23-14-7-8-16-15-5-3-4-6-19(15)27-20(16)11-14/h3-8,11,17-18H,9-10H2,1-2H3,(H,23,24)(H,25,26)/t17-,18+/m0/s1. The Morgan fingerprint density at radius 3 is 2.37 bits per heavy atom. The van der Waals surface area contributed by atoms with Crippen LogP contribution in [-0.4, -0.2) is 17.0 Å². The number of carbonyl (C=O) groups excluding carboxylic acids is 1. The summed E-state index contributed by atoms with van der Waals surface area (Å²) in [6.07, 6.45) is 0.892. The monoisotopic (exact) mass is 363 g/mol. The Balaban J connectivity index is 1.62. The molecule has 3 aromatic rings. The van der Waals surface area contributed by atoms with Crippen molar-refractivity contribution in [1.29, 1.82) is 0 Å². The Morgan fingerprint density at radius 2 is 1.63 bits per heavy atom. The minimum Gasteiger partial charge on any atom is -0.481 e. The van der Waals surface area contributed by atoms with Gasteiger partial charge in [-0.3, -0.25) is 9.59 Å². The predicted octanol–water partition coefficient (Wildman–Crippen LogP) is 4.97. The third-order valence-electron chi connectivity index (χ3n) is 5.57. The molecule has 2 N–H and O–H groups in total. The van der Waals surface area contributed by atoms with Gasteiger partial charge in [0.2, 0.25) is 5.91 Å². The number of carboxylic acids is 1. The molecule has 0 fully saturated rings. The van der Waals surface area contributed by atoms with Gasteiger partial charge in [0, 0.05) is 22.5 Å². The van der Waals surface area contributed by atoms with Gasteiger partial charge in [-0.15, -0.1) is 0 Å². The fourth-order valence-corrected chi connectivity index (χ4v) is 3.87. The van der Waals surface area contributed by atoms with Crippen molar-refractivity contribution >= 4 is 39.5 Å². The maximum atomic E-state index is 12.8. The second-order valence-corrected chi connectivity index (χ2v) is 7.32. The van der Waals surface area contributed by atoms with E-state index in [1.807, 2.05) is 50.2 Å². The number of para-hydroxylation sites is 1. The lowest BCUT2D eigenvalue weighted by atomic mass is 9.76. The molecule has 0 unspecified atom stereocenters. The van der Waals surface area contributed by atoms with Gasteiger partial charge in [0.1, 0.15) is 11.2 Å². The molecular formula is C22H21NO4. The number of fused-ring (bicyclic) bond motifs is 3. The van der Waals surface area contributed by atoms with Gasteiger partial charge < -0.3 is 14.8 Å². The first kappa shape index (κ1) is 17.3. The van der Waals surface area contributed by atoms with Crippen LogP contribution in [0.25, 0.3) is 21.9 Å². The summed E-state index contributed by atoms with van der Waals surface area (Å²) in [4.78, 5) is 24.4. The van der Waals surface area contributed by atoms with Crippen LogP contribution in [-0.2, 0) is 9.59 Å². The molecule has 5 nitrogen and oxygen atoms in total. The number of hydrogen-bond donors (Lipinski definition) is 2. The van der Waals surface area contributed by atoms with E-state index in [1.54, 1.807) is 6.07 Å². The van der Waals surface area contributed by atoms with Crippen LogP contribution in [0.3, 0.4) is 0 Å². The molecule has 4 rings (SSSR count). The van der Waals surface area contributed by atoms with Crippen LogP contribution in [0.4, 0.5) is 5.69 Å². The smallest absolute Gasteiger partial charge is 0.307 e.